The van der Waals surface area contributed by atoms with Gasteiger partial charge in [0, 0.05) is 12.1 Å². The number of aryl methyl sites for hydroxylation is 1. The van der Waals surface area contributed by atoms with Crippen LogP contribution in [-0.4, -0.2) is 34.8 Å². The lowest BCUT2D eigenvalue weighted by atomic mass is 10.0. The number of rotatable bonds is 3. The second kappa shape index (κ2) is 5.46. The number of carbonyl (C=O) groups is 2. The molecule has 0 radical (unpaired) electrons. The highest BCUT2D eigenvalue weighted by atomic mass is 32.1. The molecule has 1 heterocycles. The summed E-state index contributed by atoms with van der Waals surface area (Å²) in [5.74, 6) is -0.512. The van der Waals surface area contributed by atoms with Crippen molar-refractivity contribution in [2.75, 3.05) is 13.1 Å². The molecule has 1 aliphatic heterocycles. The highest BCUT2D eigenvalue weighted by Crippen LogP contribution is 2.14. The second-order valence-electron chi connectivity index (χ2n) is 4.62. The summed E-state index contributed by atoms with van der Waals surface area (Å²) >= 11 is 4.93. The molecule has 100 valence electrons. The zero-order valence-electron chi connectivity index (χ0n) is 10.6. The van der Waals surface area contributed by atoms with E-state index in [2.05, 4.69) is 5.32 Å². The molecule has 2 amide bonds. The van der Waals surface area contributed by atoms with Gasteiger partial charge in [-0.25, -0.2) is 0 Å². The SMILES string of the molecule is Cc1cc(C(N)=S)ccc1CN1CC(=O)NC(=O)C1. The summed E-state index contributed by atoms with van der Waals surface area (Å²) < 4.78 is 0. The van der Waals surface area contributed by atoms with Crippen LogP contribution in [0.5, 0.6) is 0 Å². The average Bonchev–Trinajstić information content (AvgIpc) is 2.30. The van der Waals surface area contributed by atoms with Crippen molar-refractivity contribution in [3.05, 3.63) is 34.9 Å². The minimum atomic E-state index is -0.256. The van der Waals surface area contributed by atoms with Crippen LogP contribution in [0.25, 0.3) is 0 Å². The Labute approximate surface area is 116 Å². The molecule has 1 fully saturated rings. The number of thiocarbonyl (C=S) groups is 1. The standard InChI is InChI=1S/C13H15N3O2S/c1-8-4-9(13(14)19)2-3-10(8)5-16-6-11(17)15-12(18)7-16/h2-4H,5-7H2,1H3,(H2,14,19)(H,15,17,18). The Balaban J connectivity index is 2.13. The van der Waals surface area contributed by atoms with Gasteiger partial charge in [-0.2, -0.15) is 0 Å². The average molecular weight is 277 g/mol. The number of nitrogens with two attached hydrogens (primary N) is 1. The highest BCUT2D eigenvalue weighted by molar-refractivity contribution is 7.80. The van der Waals surface area contributed by atoms with Crippen molar-refractivity contribution in [3.8, 4) is 0 Å². The first-order chi connectivity index (χ1) is 8.95. The maximum atomic E-state index is 11.3. The molecule has 1 aliphatic rings. The van der Waals surface area contributed by atoms with Crippen LogP contribution in [0.1, 0.15) is 16.7 Å². The summed E-state index contributed by atoms with van der Waals surface area (Å²) in [5, 5.41) is 2.28. The van der Waals surface area contributed by atoms with E-state index in [1.165, 1.54) is 0 Å². The first-order valence-electron chi connectivity index (χ1n) is 5.90. The molecule has 1 aromatic rings. The van der Waals surface area contributed by atoms with Crippen LogP contribution in [0.15, 0.2) is 18.2 Å². The van der Waals surface area contributed by atoms with Gasteiger partial charge in [0.05, 0.1) is 13.1 Å². The third kappa shape index (κ3) is 3.36. The van der Waals surface area contributed by atoms with Crippen molar-refractivity contribution >= 4 is 29.0 Å². The number of carbonyl (C=O) groups excluding carboxylic acids is 2. The van der Waals surface area contributed by atoms with E-state index in [0.717, 1.165) is 16.7 Å². The van der Waals surface area contributed by atoms with Gasteiger partial charge in [-0.15, -0.1) is 0 Å². The first-order valence-corrected chi connectivity index (χ1v) is 6.31. The van der Waals surface area contributed by atoms with E-state index in [1.807, 2.05) is 30.0 Å². The van der Waals surface area contributed by atoms with Crippen LogP contribution >= 0.6 is 12.2 Å². The molecule has 0 bridgehead atoms. The lowest BCUT2D eigenvalue weighted by molar-refractivity contribution is -0.136. The van der Waals surface area contributed by atoms with Crippen LogP contribution in [0.3, 0.4) is 0 Å². The summed E-state index contributed by atoms with van der Waals surface area (Å²) in [5.41, 5.74) is 8.50. The molecule has 5 nitrogen and oxygen atoms in total. The fourth-order valence-electron chi connectivity index (χ4n) is 2.08. The van der Waals surface area contributed by atoms with Gasteiger partial charge in [-0.05, 0) is 24.1 Å². The lowest BCUT2D eigenvalue weighted by Crippen LogP contribution is -2.50. The van der Waals surface area contributed by atoms with Crippen LogP contribution < -0.4 is 11.1 Å². The Morgan fingerprint density at radius 1 is 1.37 bits per heavy atom. The normalized spacial score (nSPS) is 16.3. The molecular formula is C13H15N3O2S. The van der Waals surface area contributed by atoms with Gasteiger partial charge in [0.2, 0.25) is 11.8 Å². The second-order valence-corrected chi connectivity index (χ2v) is 5.06. The lowest BCUT2D eigenvalue weighted by Gasteiger charge is -2.25. The molecule has 0 atom stereocenters. The zero-order chi connectivity index (χ0) is 14.0. The molecule has 0 aromatic heterocycles. The van der Waals surface area contributed by atoms with E-state index >= 15 is 0 Å². The molecule has 2 rings (SSSR count). The molecule has 0 saturated carbocycles. The van der Waals surface area contributed by atoms with Gasteiger partial charge >= 0.3 is 0 Å². The van der Waals surface area contributed by atoms with Gasteiger partial charge in [0.1, 0.15) is 4.99 Å². The van der Waals surface area contributed by atoms with Gasteiger partial charge in [-0.1, -0.05) is 24.4 Å². The highest BCUT2D eigenvalue weighted by Gasteiger charge is 2.22. The Morgan fingerprint density at radius 3 is 2.53 bits per heavy atom. The quantitative estimate of drug-likeness (QED) is 0.605. The van der Waals surface area contributed by atoms with Crippen LogP contribution in [0, 0.1) is 6.92 Å². The fourth-order valence-corrected chi connectivity index (χ4v) is 2.20. The maximum absolute atomic E-state index is 11.3. The van der Waals surface area contributed by atoms with Crippen LogP contribution in [0.2, 0.25) is 0 Å². The Hall–Kier alpha value is -1.79. The molecule has 1 aromatic carbocycles. The topological polar surface area (TPSA) is 75.4 Å². The van der Waals surface area contributed by atoms with E-state index in [9.17, 15) is 9.59 Å². The Bertz CT molecular complexity index is 541. The largest absolute Gasteiger partial charge is 0.389 e. The van der Waals surface area contributed by atoms with E-state index in [0.29, 0.717) is 11.5 Å². The number of hydrogen-bond acceptors (Lipinski definition) is 4. The predicted octanol–water partition coefficient (Wildman–Crippen LogP) is 0.0876. The number of amides is 2. The summed E-state index contributed by atoms with van der Waals surface area (Å²) in [6, 6.07) is 5.71. The molecule has 6 heteroatoms. The number of piperazine rings is 1. The van der Waals surface area contributed by atoms with Crippen molar-refractivity contribution in [2.24, 2.45) is 5.73 Å². The van der Waals surface area contributed by atoms with Crippen molar-refractivity contribution in [1.82, 2.24) is 10.2 Å². The van der Waals surface area contributed by atoms with Crippen molar-refractivity contribution in [2.45, 2.75) is 13.5 Å². The third-order valence-electron chi connectivity index (χ3n) is 3.03. The van der Waals surface area contributed by atoms with Gasteiger partial charge in [0.15, 0.2) is 0 Å². The predicted molar refractivity (Wildman–Crippen MR) is 75.5 cm³/mol. The summed E-state index contributed by atoms with van der Waals surface area (Å²) in [6.45, 7) is 3.00. The number of benzene rings is 1. The zero-order valence-corrected chi connectivity index (χ0v) is 11.4. The molecular weight excluding hydrogens is 262 g/mol. The minimum absolute atomic E-state index is 0.238. The van der Waals surface area contributed by atoms with Crippen molar-refractivity contribution < 1.29 is 9.59 Å². The van der Waals surface area contributed by atoms with E-state index in [1.54, 1.807) is 0 Å². The molecule has 0 aliphatic carbocycles. The van der Waals surface area contributed by atoms with Crippen molar-refractivity contribution in [1.29, 1.82) is 0 Å². The number of hydrogen-bond donors (Lipinski definition) is 2. The van der Waals surface area contributed by atoms with E-state index < -0.39 is 0 Å². The van der Waals surface area contributed by atoms with Crippen molar-refractivity contribution in [3.63, 3.8) is 0 Å². The molecule has 3 N–H and O–H groups in total. The number of nitrogens with zero attached hydrogens (tertiary/aromatic N) is 1. The van der Waals surface area contributed by atoms with E-state index in [-0.39, 0.29) is 24.9 Å². The molecule has 1 saturated heterocycles. The number of imide groups is 1. The maximum Gasteiger partial charge on any atom is 0.240 e. The molecule has 0 spiro atoms. The van der Waals surface area contributed by atoms with Gasteiger partial charge in [0.25, 0.3) is 0 Å². The van der Waals surface area contributed by atoms with Gasteiger partial charge in [-0.3, -0.25) is 19.8 Å². The van der Waals surface area contributed by atoms with Gasteiger partial charge < -0.3 is 5.73 Å². The van der Waals surface area contributed by atoms with Crippen LogP contribution in [0.4, 0.5) is 0 Å². The van der Waals surface area contributed by atoms with E-state index in [4.69, 9.17) is 18.0 Å². The monoisotopic (exact) mass is 277 g/mol. The number of nitrogens with one attached hydrogen (secondary N) is 1. The molecule has 19 heavy (non-hydrogen) atoms. The minimum Gasteiger partial charge on any atom is -0.389 e. The fraction of sp³-hybridized carbons (Fsp3) is 0.308. The third-order valence-corrected chi connectivity index (χ3v) is 3.27. The molecule has 0 unspecified atom stereocenters. The Kier molecular flexibility index (Phi) is 3.92. The smallest absolute Gasteiger partial charge is 0.240 e. The van der Waals surface area contributed by atoms with Crippen LogP contribution in [-0.2, 0) is 16.1 Å². The summed E-state index contributed by atoms with van der Waals surface area (Å²) in [4.78, 5) is 24.8. The summed E-state index contributed by atoms with van der Waals surface area (Å²) in [7, 11) is 0. The first kappa shape index (κ1) is 13.6. The Morgan fingerprint density at radius 2 is 2.00 bits per heavy atom. The summed E-state index contributed by atoms with van der Waals surface area (Å²) in [6.07, 6.45) is 0.